The minimum absolute atomic E-state index is 0.0734. The van der Waals surface area contributed by atoms with E-state index in [1.54, 1.807) is 12.3 Å². The highest BCUT2D eigenvalue weighted by Gasteiger charge is 2.35. The van der Waals surface area contributed by atoms with E-state index in [2.05, 4.69) is 15.6 Å². The van der Waals surface area contributed by atoms with Crippen LogP contribution in [0.25, 0.3) is 33.0 Å². The number of fused-ring (bicyclic) bond motifs is 2. The molecule has 166 valence electrons. The van der Waals surface area contributed by atoms with Gasteiger partial charge in [-0.2, -0.15) is 0 Å². The number of nitrogens with one attached hydrogen (secondary N) is 3. The Bertz CT molecular complexity index is 1480. The molecule has 33 heavy (non-hydrogen) atoms. The Labute approximate surface area is 188 Å². The lowest BCUT2D eigenvalue weighted by Gasteiger charge is -2.04. The molecule has 0 saturated heterocycles. The number of benzene rings is 2. The summed E-state index contributed by atoms with van der Waals surface area (Å²) < 4.78 is 1.97. The van der Waals surface area contributed by atoms with Crippen LogP contribution in [0.2, 0.25) is 0 Å². The number of nitro benzene ring substituents is 1. The number of non-ortho nitro benzene ring substituents is 1. The molecule has 4 aromatic rings. The number of hydrogen-bond acceptors (Lipinski definition) is 5. The van der Waals surface area contributed by atoms with Crippen LogP contribution in [0.15, 0.2) is 54.9 Å². The predicted molar refractivity (Wildman–Crippen MR) is 125 cm³/mol. The van der Waals surface area contributed by atoms with Crippen molar-refractivity contribution in [2.45, 2.75) is 13.0 Å². The molecule has 3 N–H and O–H groups in total. The maximum atomic E-state index is 13.0. The third-order valence-electron chi connectivity index (χ3n) is 5.96. The fraction of sp³-hybridized carbons (Fsp3) is 0.167. The summed E-state index contributed by atoms with van der Waals surface area (Å²) in [6.45, 7) is 1.45. The molecular formula is C24H21N5O4. The molecule has 0 spiro atoms. The first-order chi connectivity index (χ1) is 16.0. The lowest BCUT2D eigenvalue weighted by Crippen LogP contribution is -2.22. The third-order valence-corrected chi connectivity index (χ3v) is 5.96. The van der Waals surface area contributed by atoms with Crippen molar-refractivity contribution in [3.8, 4) is 0 Å². The third kappa shape index (κ3) is 3.39. The summed E-state index contributed by atoms with van der Waals surface area (Å²) in [4.78, 5) is 40.1. The number of imide groups is 1. The number of aryl methyl sites for hydroxylation is 1. The van der Waals surface area contributed by atoms with Crippen molar-refractivity contribution in [3.05, 3.63) is 76.1 Å². The average Bonchev–Trinajstić information content (AvgIpc) is 3.46. The molecule has 0 fully saturated rings. The number of aromatic nitrogens is 2. The molecule has 0 atom stereocenters. The number of nitro groups is 1. The zero-order valence-electron chi connectivity index (χ0n) is 17.8. The molecule has 9 nitrogen and oxygen atoms in total. The first-order valence-electron chi connectivity index (χ1n) is 10.6. The maximum absolute atomic E-state index is 13.0. The zero-order chi connectivity index (χ0) is 23.1. The highest BCUT2D eigenvalue weighted by molar-refractivity contribution is 6.50. The quantitative estimate of drug-likeness (QED) is 0.175. The number of carbonyl (C=O) groups is 2. The second-order valence-corrected chi connectivity index (χ2v) is 7.93. The highest BCUT2D eigenvalue weighted by atomic mass is 16.6. The molecule has 2 aromatic heterocycles. The fourth-order valence-corrected chi connectivity index (χ4v) is 4.46. The van der Waals surface area contributed by atoms with Gasteiger partial charge in [0.15, 0.2) is 0 Å². The van der Waals surface area contributed by atoms with Crippen LogP contribution >= 0.6 is 0 Å². The van der Waals surface area contributed by atoms with Gasteiger partial charge in [0.1, 0.15) is 0 Å². The van der Waals surface area contributed by atoms with E-state index in [0.29, 0.717) is 23.1 Å². The summed E-state index contributed by atoms with van der Waals surface area (Å²) in [5, 5.41) is 18.3. The van der Waals surface area contributed by atoms with E-state index in [9.17, 15) is 19.7 Å². The molecule has 1 aliphatic rings. The highest BCUT2D eigenvalue weighted by Crippen LogP contribution is 2.39. The smallest absolute Gasteiger partial charge is 0.270 e. The summed E-state index contributed by atoms with van der Waals surface area (Å²) in [5.74, 6) is -0.998. The van der Waals surface area contributed by atoms with E-state index < -0.39 is 16.7 Å². The van der Waals surface area contributed by atoms with E-state index in [-0.39, 0.29) is 16.8 Å². The van der Waals surface area contributed by atoms with Crippen molar-refractivity contribution in [2.75, 3.05) is 13.6 Å². The molecule has 3 heterocycles. The van der Waals surface area contributed by atoms with Crippen molar-refractivity contribution < 1.29 is 14.5 Å². The van der Waals surface area contributed by atoms with Gasteiger partial charge in [-0.05, 0) is 32.1 Å². The Balaban J connectivity index is 1.78. The molecular weight excluding hydrogens is 422 g/mol. The van der Waals surface area contributed by atoms with Crippen molar-refractivity contribution >= 4 is 50.5 Å². The number of rotatable bonds is 7. The van der Waals surface area contributed by atoms with E-state index in [4.69, 9.17) is 0 Å². The average molecular weight is 443 g/mol. The second kappa shape index (κ2) is 8.03. The lowest BCUT2D eigenvalue weighted by atomic mass is 9.95. The zero-order valence-corrected chi connectivity index (χ0v) is 17.8. The van der Waals surface area contributed by atoms with Gasteiger partial charge in [0.2, 0.25) is 0 Å². The van der Waals surface area contributed by atoms with E-state index in [0.717, 1.165) is 29.4 Å². The van der Waals surface area contributed by atoms with Crippen molar-refractivity contribution in [1.82, 2.24) is 20.2 Å². The Morgan fingerprint density at radius 3 is 2.55 bits per heavy atom. The van der Waals surface area contributed by atoms with Crippen LogP contribution in [0.5, 0.6) is 0 Å². The SMILES string of the molecule is CNCCCn1cc(C2=C(c3c[nH]c4ccccc34)C(=O)NC2=O)c2cc([N+](=O)[O-])ccc21. The number of H-pyrrole nitrogens is 1. The van der Waals surface area contributed by atoms with E-state index >= 15 is 0 Å². The normalized spacial score (nSPS) is 14.0. The second-order valence-electron chi connectivity index (χ2n) is 7.93. The van der Waals surface area contributed by atoms with Crippen LogP contribution in [-0.2, 0) is 16.1 Å². The molecule has 0 radical (unpaired) electrons. The van der Waals surface area contributed by atoms with E-state index in [1.165, 1.54) is 12.1 Å². The molecule has 2 aromatic carbocycles. The molecule has 1 aliphatic heterocycles. The van der Waals surface area contributed by atoms with Crippen LogP contribution in [0.3, 0.4) is 0 Å². The first-order valence-corrected chi connectivity index (χ1v) is 10.6. The van der Waals surface area contributed by atoms with Gasteiger partial charge >= 0.3 is 0 Å². The van der Waals surface area contributed by atoms with Crippen LogP contribution < -0.4 is 10.6 Å². The number of para-hydroxylation sites is 1. The number of aromatic amines is 1. The molecule has 0 saturated carbocycles. The van der Waals surface area contributed by atoms with Gasteiger partial charge in [-0.3, -0.25) is 25.0 Å². The van der Waals surface area contributed by atoms with Crippen LogP contribution in [0.1, 0.15) is 17.5 Å². The maximum Gasteiger partial charge on any atom is 0.270 e. The van der Waals surface area contributed by atoms with Crippen molar-refractivity contribution in [3.63, 3.8) is 0 Å². The number of carbonyl (C=O) groups excluding carboxylic acids is 2. The summed E-state index contributed by atoms with van der Waals surface area (Å²) >= 11 is 0. The van der Waals surface area contributed by atoms with Gasteiger partial charge in [-0.1, -0.05) is 18.2 Å². The van der Waals surface area contributed by atoms with Gasteiger partial charge in [-0.25, -0.2) is 0 Å². The predicted octanol–water partition coefficient (Wildman–Crippen LogP) is 3.21. The van der Waals surface area contributed by atoms with Gasteiger partial charge in [0.05, 0.1) is 16.1 Å². The van der Waals surface area contributed by atoms with Crippen molar-refractivity contribution in [1.29, 1.82) is 0 Å². The number of nitrogens with zero attached hydrogens (tertiary/aromatic N) is 2. The Kier molecular flexibility index (Phi) is 5.02. The summed E-state index contributed by atoms with van der Waals surface area (Å²) in [6, 6.07) is 12.1. The van der Waals surface area contributed by atoms with Gasteiger partial charge < -0.3 is 14.9 Å². The first kappa shape index (κ1) is 20.7. The van der Waals surface area contributed by atoms with Crippen molar-refractivity contribution in [2.24, 2.45) is 0 Å². The standard InChI is InChI=1S/C24H21N5O4/c1-25-9-4-10-28-13-18(16-11-14(29(32)33)7-8-20(16)28)22-21(23(30)27-24(22)31)17-12-26-19-6-3-2-5-15(17)19/h2-3,5-8,11-13,25-26H,4,9-10H2,1H3,(H,27,30,31). The molecule has 0 aliphatic carbocycles. The van der Waals surface area contributed by atoms with Crippen LogP contribution in [-0.4, -0.2) is 39.9 Å². The molecule has 0 unspecified atom stereocenters. The van der Waals surface area contributed by atoms with Gasteiger partial charge in [-0.15, -0.1) is 0 Å². The summed E-state index contributed by atoms with van der Waals surface area (Å²) in [7, 11) is 1.87. The molecule has 9 heteroatoms. The van der Waals surface area contributed by atoms with Gasteiger partial charge in [0, 0.05) is 64.0 Å². The minimum atomic E-state index is -0.513. The van der Waals surface area contributed by atoms with Crippen LogP contribution in [0.4, 0.5) is 5.69 Å². The Morgan fingerprint density at radius 1 is 1.03 bits per heavy atom. The Morgan fingerprint density at radius 2 is 1.79 bits per heavy atom. The van der Waals surface area contributed by atoms with Crippen LogP contribution in [0, 0.1) is 10.1 Å². The molecule has 5 rings (SSSR count). The lowest BCUT2D eigenvalue weighted by molar-refractivity contribution is -0.384. The minimum Gasteiger partial charge on any atom is -0.361 e. The topological polar surface area (TPSA) is 122 Å². The fourth-order valence-electron chi connectivity index (χ4n) is 4.46. The summed E-state index contributed by atoms with van der Waals surface area (Å²) in [5.41, 5.74) is 3.14. The number of hydrogen-bond donors (Lipinski definition) is 3. The molecule has 0 bridgehead atoms. The monoisotopic (exact) mass is 443 g/mol. The van der Waals surface area contributed by atoms with E-state index in [1.807, 2.05) is 42.1 Å². The largest absolute Gasteiger partial charge is 0.361 e. The number of amides is 2. The molecule has 2 amide bonds. The Hall–Kier alpha value is -4.24. The van der Waals surface area contributed by atoms with Gasteiger partial charge in [0.25, 0.3) is 17.5 Å². The summed E-state index contributed by atoms with van der Waals surface area (Å²) in [6.07, 6.45) is 4.36.